The highest BCUT2D eigenvalue weighted by Crippen LogP contribution is 2.24. The SMILES string of the molecule is O=C(c1ccc(O)c(Cl)c1)N1CCN(CCOc2ccc(Cl)cc2)CC1. The molecule has 26 heavy (non-hydrogen) atoms. The number of nitrogens with zero attached hydrogens (tertiary/aromatic N) is 2. The zero-order valence-electron chi connectivity index (χ0n) is 14.2. The van der Waals surface area contributed by atoms with Crippen LogP contribution >= 0.6 is 23.2 Å². The van der Waals surface area contributed by atoms with Crippen LogP contribution in [0.15, 0.2) is 42.5 Å². The third-order valence-electron chi connectivity index (χ3n) is 4.34. The Labute approximate surface area is 162 Å². The molecule has 1 fully saturated rings. The van der Waals surface area contributed by atoms with Crippen molar-refractivity contribution in [3.05, 3.63) is 58.1 Å². The first-order valence-electron chi connectivity index (χ1n) is 8.41. The van der Waals surface area contributed by atoms with Crippen LogP contribution in [0.3, 0.4) is 0 Å². The lowest BCUT2D eigenvalue weighted by molar-refractivity contribution is 0.0620. The number of carbonyl (C=O) groups excluding carboxylic acids is 1. The zero-order chi connectivity index (χ0) is 18.5. The second kappa shape index (κ2) is 8.62. The molecule has 1 N–H and O–H groups in total. The summed E-state index contributed by atoms with van der Waals surface area (Å²) in [7, 11) is 0. The van der Waals surface area contributed by atoms with Crippen LogP contribution in [-0.2, 0) is 0 Å². The molecule has 2 aromatic rings. The summed E-state index contributed by atoms with van der Waals surface area (Å²) in [5.74, 6) is 0.713. The molecule has 1 amide bonds. The van der Waals surface area contributed by atoms with E-state index in [-0.39, 0.29) is 16.7 Å². The van der Waals surface area contributed by atoms with E-state index in [1.165, 1.54) is 12.1 Å². The maximum absolute atomic E-state index is 12.5. The Morgan fingerprint density at radius 3 is 2.38 bits per heavy atom. The minimum atomic E-state index is -0.0658. The highest BCUT2D eigenvalue weighted by atomic mass is 35.5. The standard InChI is InChI=1S/C19H20Cl2N2O3/c20-15-2-4-16(5-3-15)26-12-11-22-7-9-23(10-8-22)19(25)14-1-6-18(24)17(21)13-14/h1-6,13,24H,7-12H2. The highest BCUT2D eigenvalue weighted by molar-refractivity contribution is 6.32. The van der Waals surface area contributed by atoms with Gasteiger partial charge in [-0.1, -0.05) is 23.2 Å². The van der Waals surface area contributed by atoms with Crippen molar-refractivity contribution in [1.29, 1.82) is 0 Å². The van der Waals surface area contributed by atoms with Crippen molar-refractivity contribution in [3.63, 3.8) is 0 Å². The lowest BCUT2D eigenvalue weighted by atomic mass is 10.1. The van der Waals surface area contributed by atoms with Crippen molar-refractivity contribution in [1.82, 2.24) is 9.80 Å². The van der Waals surface area contributed by atoms with E-state index in [1.54, 1.807) is 23.1 Å². The number of rotatable bonds is 5. The maximum atomic E-state index is 12.5. The highest BCUT2D eigenvalue weighted by Gasteiger charge is 2.22. The second-order valence-corrected chi connectivity index (χ2v) is 6.95. The van der Waals surface area contributed by atoms with Gasteiger partial charge in [-0.2, -0.15) is 0 Å². The van der Waals surface area contributed by atoms with Gasteiger partial charge in [0, 0.05) is 43.3 Å². The predicted molar refractivity (Wildman–Crippen MR) is 102 cm³/mol. The van der Waals surface area contributed by atoms with E-state index in [0.29, 0.717) is 30.3 Å². The molecule has 5 nitrogen and oxygen atoms in total. The Bertz CT molecular complexity index is 760. The number of hydrogen-bond acceptors (Lipinski definition) is 4. The van der Waals surface area contributed by atoms with Gasteiger partial charge in [0.1, 0.15) is 18.1 Å². The number of halogens is 2. The first-order valence-corrected chi connectivity index (χ1v) is 9.17. The Kier molecular flexibility index (Phi) is 6.25. The van der Waals surface area contributed by atoms with E-state index < -0.39 is 0 Å². The lowest BCUT2D eigenvalue weighted by Gasteiger charge is -2.34. The van der Waals surface area contributed by atoms with Crippen LogP contribution in [0.2, 0.25) is 10.0 Å². The number of ether oxygens (including phenoxy) is 1. The van der Waals surface area contributed by atoms with Gasteiger partial charge in [-0.15, -0.1) is 0 Å². The molecular formula is C19H20Cl2N2O3. The van der Waals surface area contributed by atoms with Gasteiger partial charge in [-0.05, 0) is 42.5 Å². The van der Waals surface area contributed by atoms with Gasteiger partial charge in [0.15, 0.2) is 0 Å². The van der Waals surface area contributed by atoms with Crippen molar-refractivity contribution in [2.45, 2.75) is 0 Å². The van der Waals surface area contributed by atoms with Crippen molar-refractivity contribution in [2.75, 3.05) is 39.3 Å². The molecule has 0 bridgehead atoms. The van der Waals surface area contributed by atoms with Crippen molar-refractivity contribution < 1.29 is 14.6 Å². The van der Waals surface area contributed by atoms with Gasteiger partial charge in [0.05, 0.1) is 5.02 Å². The first kappa shape index (κ1) is 18.8. The van der Waals surface area contributed by atoms with Crippen LogP contribution in [0.5, 0.6) is 11.5 Å². The molecule has 3 rings (SSSR count). The molecular weight excluding hydrogens is 375 g/mol. The van der Waals surface area contributed by atoms with Gasteiger partial charge in [0.2, 0.25) is 0 Å². The number of piperazine rings is 1. The summed E-state index contributed by atoms with van der Waals surface area (Å²) in [5, 5.41) is 10.3. The van der Waals surface area contributed by atoms with E-state index in [9.17, 15) is 9.90 Å². The Morgan fingerprint density at radius 1 is 1.04 bits per heavy atom. The molecule has 0 saturated carbocycles. The fourth-order valence-electron chi connectivity index (χ4n) is 2.82. The molecule has 7 heteroatoms. The molecule has 2 aromatic carbocycles. The molecule has 0 spiro atoms. The minimum absolute atomic E-state index is 0.0197. The lowest BCUT2D eigenvalue weighted by Crippen LogP contribution is -2.49. The Hall–Kier alpha value is -1.95. The molecule has 0 unspecified atom stereocenters. The number of benzene rings is 2. The smallest absolute Gasteiger partial charge is 0.253 e. The molecule has 0 aromatic heterocycles. The monoisotopic (exact) mass is 394 g/mol. The number of phenols is 1. The van der Waals surface area contributed by atoms with Gasteiger partial charge in [-0.25, -0.2) is 0 Å². The molecule has 1 aliphatic rings. The van der Waals surface area contributed by atoms with E-state index in [0.717, 1.165) is 25.4 Å². The summed E-state index contributed by atoms with van der Waals surface area (Å²) < 4.78 is 5.71. The normalized spacial score (nSPS) is 15.1. The van der Waals surface area contributed by atoms with E-state index in [2.05, 4.69) is 4.90 Å². The number of carbonyl (C=O) groups is 1. The third kappa shape index (κ3) is 4.81. The van der Waals surface area contributed by atoms with Crippen LogP contribution in [0, 0.1) is 0 Å². The molecule has 138 valence electrons. The summed E-state index contributed by atoms with van der Waals surface area (Å²) in [6.45, 7) is 4.28. The summed E-state index contributed by atoms with van der Waals surface area (Å²) in [5.41, 5.74) is 0.493. The summed E-state index contributed by atoms with van der Waals surface area (Å²) in [6.07, 6.45) is 0. The fraction of sp³-hybridized carbons (Fsp3) is 0.316. The van der Waals surface area contributed by atoms with E-state index in [4.69, 9.17) is 27.9 Å². The number of phenolic OH excluding ortho intramolecular Hbond substituents is 1. The third-order valence-corrected chi connectivity index (χ3v) is 4.90. The molecule has 0 radical (unpaired) electrons. The van der Waals surface area contributed by atoms with Crippen molar-refractivity contribution >= 4 is 29.1 Å². The van der Waals surface area contributed by atoms with Crippen LogP contribution < -0.4 is 4.74 Å². The van der Waals surface area contributed by atoms with Gasteiger partial charge in [-0.3, -0.25) is 9.69 Å². The summed E-state index contributed by atoms with van der Waals surface area (Å²) in [6, 6.07) is 11.8. The van der Waals surface area contributed by atoms with Crippen LogP contribution in [0.25, 0.3) is 0 Å². The van der Waals surface area contributed by atoms with Crippen LogP contribution in [0.1, 0.15) is 10.4 Å². The topological polar surface area (TPSA) is 53.0 Å². The molecule has 0 aliphatic carbocycles. The molecule has 1 aliphatic heterocycles. The van der Waals surface area contributed by atoms with Crippen LogP contribution in [0.4, 0.5) is 0 Å². The Morgan fingerprint density at radius 2 is 1.73 bits per heavy atom. The fourth-order valence-corrected chi connectivity index (χ4v) is 3.13. The van der Waals surface area contributed by atoms with Gasteiger partial charge >= 0.3 is 0 Å². The number of amides is 1. The summed E-state index contributed by atoms with van der Waals surface area (Å²) in [4.78, 5) is 16.6. The predicted octanol–water partition coefficient (Wildman–Crippen LogP) is 3.54. The quantitative estimate of drug-likeness (QED) is 0.842. The second-order valence-electron chi connectivity index (χ2n) is 6.10. The van der Waals surface area contributed by atoms with Gasteiger partial charge < -0.3 is 14.7 Å². The Balaban J connectivity index is 1.44. The minimum Gasteiger partial charge on any atom is -0.506 e. The molecule has 1 heterocycles. The van der Waals surface area contributed by atoms with E-state index in [1.807, 2.05) is 12.1 Å². The first-order chi connectivity index (χ1) is 12.5. The number of hydrogen-bond donors (Lipinski definition) is 1. The van der Waals surface area contributed by atoms with Gasteiger partial charge in [0.25, 0.3) is 5.91 Å². The van der Waals surface area contributed by atoms with Crippen LogP contribution in [-0.4, -0.2) is 60.1 Å². The van der Waals surface area contributed by atoms with E-state index >= 15 is 0 Å². The zero-order valence-corrected chi connectivity index (χ0v) is 15.7. The number of aromatic hydroxyl groups is 1. The summed E-state index contributed by atoms with van der Waals surface area (Å²) >= 11 is 11.7. The largest absolute Gasteiger partial charge is 0.506 e. The van der Waals surface area contributed by atoms with Crippen molar-refractivity contribution in [3.8, 4) is 11.5 Å². The maximum Gasteiger partial charge on any atom is 0.253 e. The molecule has 1 saturated heterocycles. The molecule has 0 atom stereocenters. The average Bonchev–Trinajstić information content (AvgIpc) is 2.65. The average molecular weight is 395 g/mol. The van der Waals surface area contributed by atoms with Crippen molar-refractivity contribution in [2.24, 2.45) is 0 Å².